The van der Waals surface area contributed by atoms with Crippen LogP contribution in [0.4, 0.5) is 5.95 Å². The number of aromatic nitrogens is 3. The Labute approximate surface area is 139 Å². The Hall–Kier alpha value is -2.51. The van der Waals surface area contributed by atoms with Gasteiger partial charge in [-0.1, -0.05) is 23.2 Å². The Bertz CT molecular complexity index is 941. The molecule has 0 spiro atoms. The van der Waals surface area contributed by atoms with Crippen molar-refractivity contribution >= 4 is 40.7 Å². The number of nitrogens with zero attached hydrogens (tertiary/aromatic N) is 3. The number of hydrogen-bond acceptors (Lipinski definition) is 5. The van der Waals surface area contributed by atoms with Gasteiger partial charge in [-0.25, -0.2) is 4.52 Å². The third-order valence-electron chi connectivity index (χ3n) is 3.21. The highest BCUT2D eigenvalue weighted by Gasteiger charge is 2.21. The van der Waals surface area contributed by atoms with E-state index in [2.05, 4.69) is 15.4 Å². The Morgan fingerprint density at radius 2 is 2.13 bits per heavy atom. The van der Waals surface area contributed by atoms with Gasteiger partial charge in [-0.05, 0) is 24.3 Å². The molecular formula is C14H8Cl2N4O3. The molecule has 3 aromatic rings. The highest BCUT2D eigenvalue weighted by Crippen LogP contribution is 2.39. The molecule has 1 aliphatic heterocycles. The molecule has 1 aromatic carbocycles. The van der Waals surface area contributed by atoms with Gasteiger partial charge in [-0.2, -0.15) is 4.98 Å². The summed E-state index contributed by atoms with van der Waals surface area (Å²) in [6.07, 6.45) is 1.59. The fourth-order valence-electron chi connectivity index (χ4n) is 2.18. The molecule has 116 valence electrons. The van der Waals surface area contributed by atoms with Crippen LogP contribution in [0.1, 0.15) is 10.4 Å². The van der Waals surface area contributed by atoms with Crippen molar-refractivity contribution in [1.82, 2.24) is 14.6 Å². The van der Waals surface area contributed by atoms with Gasteiger partial charge in [0.2, 0.25) is 12.7 Å². The maximum absolute atomic E-state index is 12.3. The van der Waals surface area contributed by atoms with Crippen molar-refractivity contribution in [2.75, 3.05) is 12.1 Å². The zero-order chi connectivity index (χ0) is 16.0. The fourth-order valence-corrected chi connectivity index (χ4v) is 2.60. The van der Waals surface area contributed by atoms with Crippen molar-refractivity contribution in [3.05, 3.63) is 46.1 Å². The summed E-state index contributed by atoms with van der Waals surface area (Å²) in [6, 6.07) is 6.44. The third-order valence-corrected chi connectivity index (χ3v) is 3.71. The SMILES string of the molecule is O=C(Nc1nc2ccc(Cl)cn2n1)c1cc(Cl)c2c(c1)OCO2. The molecule has 2 aromatic heterocycles. The molecule has 0 unspecified atom stereocenters. The standard InChI is InChI=1S/C14H8Cl2N4O3/c15-8-1-2-11-17-14(19-20(11)5-8)18-13(21)7-3-9(16)12-10(4-7)22-6-23-12/h1-5H,6H2,(H,18,19,21). The molecular weight excluding hydrogens is 343 g/mol. The molecule has 9 heteroatoms. The molecule has 0 atom stereocenters. The minimum atomic E-state index is -0.410. The van der Waals surface area contributed by atoms with E-state index in [4.69, 9.17) is 32.7 Å². The summed E-state index contributed by atoms with van der Waals surface area (Å²) in [5.41, 5.74) is 0.879. The summed E-state index contributed by atoms with van der Waals surface area (Å²) in [7, 11) is 0. The molecule has 0 aliphatic carbocycles. The van der Waals surface area contributed by atoms with Crippen LogP contribution in [0.2, 0.25) is 10.0 Å². The second kappa shape index (κ2) is 5.29. The average molecular weight is 351 g/mol. The van der Waals surface area contributed by atoms with Crippen LogP contribution >= 0.6 is 23.2 Å². The number of rotatable bonds is 2. The first-order valence-electron chi connectivity index (χ1n) is 6.52. The number of carbonyl (C=O) groups is 1. The number of pyridine rings is 1. The second-order valence-electron chi connectivity index (χ2n) is 4.73. The van der Waals surface area contributed by atoms with E-state index in [0.717, 1.165) is 0 Å². The molecule has 0 saturated carbocycles. The predicted molar refractivity (Wildman–Crippen MR) is 83.5 cm³/mol. The van der Waals surface area contributed by atoms with Crippen molar-refractivity contribution < 1.29 is 14.3 Å². The second-order valence-corrected chi connectivity index (χ2v) is 5.58. The Morgan fingerprint density at radius 1 is 1.26 bits per heavy atom. The van der Waals surface area contributed by atoms with Gasteiger partial charge >= 0.3 is 0 Å². The van der Waals surface area contributed by atoms with Gasteiger partial charge in [0.1, 0.15) is 0 Å². The first kappa shape index (κ1) is 14.1. The van der Waals surface area contributed by atoms with E-state index in [-0.39, 0.29) is 12.7 Å². The predicted octanol–water partition coefficient (Wildman–Crippen LogP) is 3.02. The Morgan fingerprint density at radius 3 is 3.00 bits per heavy atom. The summed E-state index contributed by atoms with van der Waals surface area (Å²) < 4.78 is 11.9. The lowest BCUT2D eigenvalue weighted by Gasteiger charge is -2.04. The number of carbonyl (C=O) groups excluding carboxylic acids is 1. The van der Waals surface area contributed by atoms with E-state index in [0.29, 0.717) is 32.8 Å². The lowest BCUT2D eigenvalue weighted by atomic mass is 10.2. The molecule has 0 saturated heterocycles. The van der Waals surface area contributed by atoms with Crippen LogP contribution in [0.25, 0.3) is 5.65 Å². The van der Waals surface area contributed by atoms with E-state index in [9.17, 15) is 4.79 Å². The molecule has 23 heavy (non-hydrogen) atoms. The molecule has 4 rings (SSSR count). The molecule has 0 fully saturated rings. The minimum Gasteiger partial charge on any atom is -0.454 e. The van der Waals surface area contributed by atoms with Gasteiger partial charge in [-0.15, -0.1) is 5.10 Å². The zero-order valence-corrected chi connectivity index (χ0v) is 12.9. The molecule has 0 bridgehead atoms. The molecule has 3 heterocycles. The smallest absolute Gasteiger partial charge is 0.258 e. The van der Waals surface area contributed by atoms with Crippen LogP contribution in [-0.2, 0) is 0 Å². The normalized spacial score (nSPS) is 12.6. The van der Waals surface area contributed by atoms with E-state index >= 15 is 0 Å². The van der Waals surface area contributed by atoms with Gasteiger partial charge in [0.05, 0.1) is 10.0 Å². The van der Waals surface area contributed by atoms with Crippen molar-refractivity contribution in [1.29, 1.82) is 0 Å². The summed E-state index contributed by atoms with van der Waals surface area (Å²) in [6.45, 7) is 0.0783. The molecule has 1 aliphatic rings. The molecule has 1 amide bonds. The number of ether oxygens (including phenoxy) is 2. The average Bonchev–Trinajstić information content (AvgIpc) is 3.12. The van der Waals surface area contributed by atoms with E-state index in [1.54, 1.807) is 24.4 Å². The number of nitrogens with one attached hydrogen (secondary N) is 1. The van der Waals surface area contributed by atoms with Crippen LogP contribution in [0.5, 0.6) is 11.5 Å². The number of anilines is 1. The maximum Gasteiger partial charge on any atom is 0.258 e. The van der Waals surface area contributed by atoms with Gasteiger partial charge in [0.15, 0.2) is 17.1 Å². The van der Waals surface area contributed by atoms with Crippen LogP contribution in [-0.4, -0.2) is 27.3 Å². The number of benzene rings is 1. The third kappa shape index (κ3) is 2.54. The van der Waals surface area contributed by atoms with E-state index < -0.39 is 5.91 Å². The van der Waals surface area contributed by atoms with Crippen LogP contribution < -0.4 is 14.8 Å². The lowest BCUT2D eigenvalue weighted by molar-refractivity contribution is 0.102. The van der Waals surface area contributed by atoms with Gasteiger partial charge in [0.25, 0.3) is 5.91 Å². The molecule has 0 radical (unpaired) electrons. The zero-order valence-electron chi connectivity index (χ0n) is 11.4. The first-order chi connectivity index (χ1) is 11.1. The number of halogens is 2. The maximum atomic E-state index is 12.3. The summed E-state index contributed by atoms with van der Waals surface area (Å²) in [5.74, 6) is 0.611. The van der Waals surface area contributed by atoms with Crippen molar-refractivity contribution in [3.8, 4) is 11.5 Å². The quantitative estimate of drug-likeness (QED) is 0.768. The van der Waals surface area contributed by atoms with Gasteiger partial charge < -0.3 is 9.47 Å². The number of fused-ring (bicyclic) bond motifs is 2. The monoisotopic (exact) mass is 350 g/mol. The minimum absolute atomic E-state index is 0.0783. The molecule has 1 N–H and O–H groups in total. The topological polar surface area (TPSA) is 77.8 Å². The summed E-state index contributed by atoms with van der Waals surface area (Å²) in [4.78, 5) is 16.5. The number of hydrogen-bond donors (Lipinski definition) is 1. The van der Waals surface area contributed by atoms with Crippen LogP contribution in [0, 0.1) is 0 Å². The largest absolute Gasteiger partial charge is 0.454 e. The summed E-state index contributed by atoms with van der Waals surface area (Å²) >= 11 is 12.0. The summed E-state index contributed by atoms with van der Waals surface area (Å²) in [5, 5.41) is 7.56. The lowest BCUT2D eigenvalue weighted by Crippen LogP contribution is -2.13. The highest BCUT2D eigenvalue weighted by molar-refractivity contribution is 6.33. The fraction of sp³-hybridized carbons (Fsp3) is 0.0714. The van der Waals surface area contributed by atoms with E-state index in [1.807, 2.05) is 0 Å². The first-order valence-corrected chi connectivity index (χ1v) is 7.28. The Balaban J connectivity index is 1.63. The van der Waals surface area contributed by atoms with Crippen LogP contribution in [0.3, 0.4) is 0 Å². The van der Waals surface area contributed by atoms with Crippen molar-refractivity contribution in [2.24, 2.45) is 0 Å². The van der Waals surface area contributed by atoms with Crippen LogP contribution in [0.15, 0.2) is 30.5 Å². The van der Waals surface area contributed by atoms with Gasteiger partial charge in [-0.3, -0.25) is 10.1 Å². The van der Waals surface area contributed by atoms with Crippen molar-refractivity contribution in [3.63, 3.8) is 0 Å². The van der Waals surface area contributed by atoms with Gasteiger partial charge in [0, 0.05) is 11.8 Å². The van der Waals surface area contributed by atoms with Crippen molar-refractivity contribution in [2.45, 2.75) is 0 Å². The Kier molecular flexibility index (Phi) is 3.24. The van der Waals surface area contributed by atoms with E-state index in [1.165, 1.54) is 10.6 Å². The molecule has 7 nitrogen and oxygen atoms in total. The highest BCUT2D eigenvalue weighted by atomic mass is 35.5. The number of amides is 1.